The average molecular weight is 333 g/mol. The van der Waals surface area contributed by atoms with Gasteiger partial charge in [-0.1, -0.05) is 25.9 Å². The molecule has 1 unspecified atom stereocenters. The Kier molecular flexibility index (Phi) is 4.03. The first kappa shape index (κ1) is 16.4. The Morgan fingerprint density at radius 3 is 2.71 bits per heavy atom. The van der Waals surface area contributed by atoms with Gasteiger partial charge in [0.05, 0.1) is 13.0 Å². The number of carbonyl (C=O) groups is 1. The van der Waals surface area contributed by atoms with Gasteiger partial charge < -0.3 is 14.2 Å². The van der Waals surface area contributed by atoms with E-state index in [0.29, 0.717) is 23.9 Å². The summed E-state index contributed by atoms with van der Waals surface area (Å²) in [6.07, 6.45) is 0.263. The number of aromatic nitrogens is 2. The molecule has 0 saturated carbocycles. The van der Waals surface area contributed by atoms with Crippen LogP contribution in [0.1, 0.15) is 44.8 Å². The minimum absolute atomic E-state index is 0.0972. The van der Waals surface area contributed by atoms with Crippen molar-refractivity contribution in [1.82, 2.24) is 10.1 Å². The zero-order valence-electron chi connectivity index (χ0n) is 14.2. The third kappa shape index (κ3) is 2.98. The SMILES string of the molecule is COc1ccc(N2CC(c3nc(C(C)(C)C)no3)CC2=O)cc1F. The van der Waals surface area contributed by atoms with Gasteiger partial charge in [0.2, 0.25) is 11.8 Å². The van der Waals surface area contributed by atoms with E-state index in [1.54, 1.807) is 6.07 Å². The second kappa shape index (κ2) is 5.89. The molecule has 0 spiro atoms. The Bertz CT molecular complexity index is 767. The van der Waals surface area contributed by atoms with Crippen LogP contribution in [0, 0.1) is 5.82 Å². The van der Waals surface area contributed by atoms with Gasteiger partial charge in [-0.2, -0.15) is 4.98 Å². The number of methoxy groups -OCH3 is 1. The molecular formula is C17H20FN3O3. The summed E-state index contributed by atoms with van der Waals surface area (Å²) in [5.41, 5.74) is 0.278. The number of rotatable bonds is 3. The van der Waals surface area contributed by atoms with Gasteiger partial charge in [-0.05, 0) is 12.1 Å². The van der Waals surface area contributed by atoms with E-state index in [2.05, 4.69) is 10.1 Å². The summed E-state index contributed by atoms with van der Waals surface area (Å²) in [6, 6.07) is 4.47. The fourth-order valence-corrected chi connectivity index (χ4v) is 2.65. The first-order chi connectivity index (χ1) is 11.3. The molecule has 1 fully saturated rings. The van der Waals surface area contributed by atoms with Crippen LogP contribution >= 0.6 is 0 Å². The van der Waals surface area contributed by atoms with Crippen LogP contribution < -0.4 is 9.64 Å². The van der Waals surface area contributed by atoms with E-state index in [4.69, 9.17) is 9.26 Å². The van der Waals surface area contributed by atoms with Gasteiger partial charge in [0.15, 0.2) is 17.4 Å². The van der Waals surface area contributed by atoms with Gasteiger partial charge in [-0.3, -0.25) is 4.79 Å². The van der Waals surface area contributed by atoms with Gasteiger partial charge in [-0.15, -0.1) is 0 Å². The number of hydrogen-bond donors (Lipinski definition) is 0. The second-order valence-electron chi connectivity index (χ2n) is 6.93. The maximum Gasteiger partial charge on any atom is 0.232 e. The molecule has 1 saturated heterocycles. The smallest absolute Gasteiger partial charge is 0.232 e. The van der Waals surface area contributed by atoms with E-state index in [9.17, 15) is 9.18 Å². The maximum atomic E-state index is 13.9. The van der Waals surface area contributed by atoms with Crippen molar-refractivity contribution >= 4 is 11.6 Å². The standard InChI is InChI=1S/C17H20FN3O3/c1-17(2,3)16-19-15(24-20-16)10-7-14(22)21(9-10)11-5-6-13(23-4)12(18)8-11/h5-6,8,10H,7,9H2,1-4H3. The number of amides is 1. The molecule has 1 aromatic carbocycles. The van der Waals surface area contributed by atoms with Crippen molar-refractivity contribution in [2.45, 2.75) is 38.5 Å². The van der Waals surface area contributed by atoms with Crippen molar-refractivity contribution in [2.24, 2.45) is 0 Å². The number of carbonyl (C=O) groups excluding carboxylic acids is 1. The predicted molar refractivity (Wildman–Crippen MR) is 85.7 cm³/mol. The number of benzene rings is 1. The zero-order chi connectivity index (χ0) is 17.5. The number of halogens is 1. The molecule has 3 rings (SSSR count). The van der Waals surface area contributed by atoms with Gasteiger partial charge >= 0.3 is 0 Å². The molecule has 2 heterocycles. The molecule has 128 valence electrons. The molecule has 0 aliphatic carbocycles. The molecule has 6 nitrogen and oxygen atoms in total. The Morgan fingerprint density at radius 2 is 2.12 bits per heavy atom. The summed E-state index contributed by atoms with van der Waals surface area (Å²) < 4.78 is 24.1. The van der Waals surface area contributed by atoms with E-state index >= 15 is 0 Å². The lowest BCUT2D eigenvalue weighted by Gasteiger charge is -2.16. The molecule has 24 heavy (non-hydrogen) atoms. The van der Waals surface area contributed by atoms with Crippen LogP contribution in [0.5, 0.6) is 5.75 Å². The number of anilines is 1. The summed E-state index contributed by atoms with van der Waals surface area (Å²) in [5, 5.41) is 4.00. The molecule has 0 bridgehead atoms. The summed E-state index contributed by atoms with van der Waals surface area (Å²) in [7, 11) is 1.40. The first-order valence-electron chi connectivity index (χ1n) is 7.77. The Balaban J connectivity index is 1.81. The van der Waals surface area contributed by atoms with E-state index in [1.165, 1.54) is 24.1 Å². The largest absolute Gasteiger partial charge is 0.494 e. The van der Waals surface area contributed by atoms with Crippen LogP contribution in [0.4, 0.5) is 10.1 Å². The van der Waals surface area contributed by atoms with E-state index < -0.39 is 5.82 Å². The van der Waals surface area contributed by atoms with Crippen molar-refractivity contribution in [3.63, 3.8) is 0 Å². The highest BCUT2D eigenvalue weighted by atomic mass is 19.1. The lowest BCUT2D eigenvalue weighted by atomic mass is 9.96. The van der Waals surface area contributed by atoms with E-state index in [-0.39, 0.29) is 29.4 Å². The highest BCUT2D eigenvalue weighted by Gasteiger charge is 2.36. The second-order valence-corrected chi connectivity index (χ2v) is 6.93. The molecule has 1 aliphatic heterocycles. The average Bonchev–Trinajstić information content (AvgIpc) is 3.13. The minimum atomic E-state index is -0.501. The van der Waals surface area contributed by atoms with Gasteiger partial charge in [0.25, 0.3) is 0 Å². The van der Waals surface area contributed by atoms with Gasteiger partial charge in [0, 0.05) is 30.1 Å². The van der Waals surface area contributed by atoms with Gasteiger partial charge in [-0.25, -0.2) is 4.39 Å². The molecule has 1 atom stereocenters. The normalized spacial score (nSPS) is 18.3. The number of ether oxygens (including phenoxy) is 1. The van der Waals surface area contributed by atoms with Crippen molar-refractivity contribution in [1.29, 1.82) is 0 Å². The predicted octanol–water partition coefficient (Wildman–Crippen LogP) is 3.04. The maximum absolute atomic E-state index is 13.9. The monoisotopic (exact) mass is 333 g/mol. The topological polar surface area (TPSA) is 68.5 Å². The van der Waals surface area contributed by atoms with Crippen molar-refractivity contribution < 1.29 is 18.4 Å². The summed E-state index contributed by atoms with van der Waals surface area (Å²) in [6.45, 7) is 6.37. The number of hydrogen-bond acceptors (Lipinski definition) is 5. The van der Waals surface area contributed by atoms with Crippen LogP contribution in [0.3, 0.4) is 0 Å². The van der Waals surface area contributed by atoms with E-state index in [0.717, 1.165) is 0 Å². The third-order valence-electron chi connectivity index (χ3n) is 4.03. The quantitative estimate of drug-likeness (QED) is 0.863. The molecule has 0 radical (unpaired) electrons. The third-order valence-corrected chi connectivity index (χ3v) is 4.03. The Hall–Kier alpha value is -2.44. The highest BCUT2D eigenvalue weighted by Crippen LogP contribution is 2.33. The lowest BCUT2D eigenvalue weighted by molar-refractivity contribution is -0.117. The summed E-state index contributed by atoms with van der Waals surface area (Å²) >= 11 is 0. The molecular weight excluding hydrogens is 313 g/mol. The molecule has 7 heteroatoms. The fraction of sp³-hybridized carbons (Fsp3) is 0.471. The first-order valence-corrected chi connectivity index (χ1v) is 7.77. The van der Waals surface area contributed by atoms with Crippen LogP contribution in [0.15, 0.2) is 22.7 Å². The summed E-state index contributed by atoms with van der Waals surface area (Å²) in [5.74, 6) is 0.419. The Morgan fingerprint density at radius 1 is 1.38 bits per heavy atom. The van der Waals surface area contributed by atoms with Crippen molar-refractivity contribution in [2.75, 3.05) is 18.6 Å². The summed E-state index contributed by atoms with van der Waals surface area (Å²) in [4.78, 5) is 18.3. The van der Waals surface area contributed by atoms with Crippen LogP contribution in [-0.2, 0) is 10.2 Å². The highest BCUT2D eigenvalue weighted by molar-refractivity contribution is 5.96. The van der Waals surface area contributed by atoms with Crippen LogP contribution in [0.2, 0.25) is 0 Å². The van der Waals surface area contributed by atoms with Crippen molar-refractivity contribution in [3.05, 3.63) is 35.7 Å². The molecule has 2 aromatic rings. The van der Waals surface area contributed by atoms with Crippen LogP contribution in [-0.4, -0.2) is 29.7 Å². The minimum Gasteiger partial charge on any atom is -0.494 e. The molecule has 1 aliphatic rings. The fourth-order valence-electron chi connectivity index (χ4n) is 2.65. The number of nitrogens with zero attached hydrogens (tertiary/aromatic N) is 3. The van der Waals surface area contributed by atoms with Gasteiger partial charge in [0.1, 0.15) is 0 Å². The molecule has 0 N–H and O–H groups in total. The van der Waals surface area contributed by atoms with Crippen molar-refractivity contribution in [3.8, 4) is 5.75 Å². The molecule has 1 amide bonds. The Labute approximate surface area is 139 Å². The lowest BCUT2D eigenvalue weighted by Crippen LogP contribution is -2.24. The van der Waals surface area contributed by atoms with Crippen LogP contribution in [0.25, 0.3) is 0 Å². The van der Waals surface area contributed by atoms with E-state index in [1.807, 2.05) is 20.8 Å². The zero-order valence-corrected chi connectivity index (χ0v) is 14.2. The molecule has 1 aromatic heterocycles.